The maximum absolute atomic E-state index is 12.2. The molecule has 2 heterocycles. The average Bonchev–Trinajstić information content (AvgIpc) is 3.05. The van der Waals surface area contributed by atoms with Crippen LogP contribution in [0.25, 0.3) is 11.3 Å². The van der Waals surface area contributed by atoms with E-state index in [9.17, 15) is 9.59 Å². The Kier molecular flexibility index (Phi) is 4.21. The van der Waals surface area contributed by atoms with Crippen LogP contribution in [-0.4, -0.2) is 22.0 Å². The van der Waals surface area contributed by atoms with Crippen LogP contribution in [0, 0.1) is 6.92 Å². The quantitative estimate of drug-likeness (QED) is 0.673. The summed E-state index contributed by atoms with van der Waals surface area (Å²) < 4.78 is 5.21. The maximum atomic E-state index is 12.2. The lowest BCUT2D eigenvalue weighted by atomic mass is 10.1. The largest absolute Gasteiger partial charge is 0.478 e. The lowest BCUT2D eigenvalue weighted by Gasteiger charge is -2.08. The third kappa shape index (κ3) is 3.35. The van der Waals surface area contributed by atoms with E-state index in [2.05, 4.69) is 10.3 Å². The topological polar surface area (TPSA) is 118 Å². The Bertz CT molecular complexity index is 945. The Balaban J connectivity index is 1.85. The lowest BCUT2D eigenvalue weighted by molar-refractivity contribution is 0.0697. The molecule has 0 unspecified atom stereocenters. The number of carboxylic acids is 1. The van der Waals surface area contributed by atoms with Gasteiger partial charge in [-0.15, -0.1) is 0 Å². The van der Waals surface area contributed by atoms with Gasteiger partial charge in [-0.1, -0.05) is 17.7 Å². The number of pyridine rings is 1. The van der Waals surface area contributed by atoms with Gasteiger partial charge in [0.25, 0.3) is 5.91 Å². The molecule has 126 valence electrons. The molecule has 0 aliphatic rings. The molecule has 0 saturated heterocycles. The van der Waals surface area contributed by atoms with E-state index < -0.39 is 5.97 Å². The van der Waals surface area contributed by atoms with Crippen LogP contribution in [0.1, 0.15) is 26.3 Å². The van der Waals surface area contributed by atoms with Crippen LogP contribution in [0.3, 0.4) is 0 Å². The molecule has 0 aliphatic carbocycles. The lowest BCUT2D eigenvalue weighted by Crippen LogP contribution is -2.13. The fraction of sp³-hybridized carbons (Fsp3) is 0.0556. The molecule has 1 aromatic carbocycles. The van der Waals surface area contributed by atoms with E-state index in [4.69, 9.17) is 15.3 Å². The predicted octanol–water partition coefficient (Wildman–Crippen LogP) is 3.18. The van der Waals surface area contributed by atoms with Crippen LogP contribution in [0.5, 0.6) is 0 Å². The first-order valence-electron chi connectivity index (χ1n) is 7.41. The van der Waals surface area contributed by atoms with Gasteiger partial charge >= 0.3 is 5.97 Å². The van der Waals surface area contributed by atoms with Crippen molar-refractivity contribution >= 4 is 23.5 Å². The van der Waals surface area contributed by atoms with Crippen molar-refractivity contribution in [2.75, 3.05) is 11.1 Å². The van der Waals surface area contributed by atoms with Crippen LogP contribution in [0.4, 0.5) is 11.6 Å². The summed E-state index contributed by atoms with van der Waals surface area (Å²) in [6, 6.07) is 11.5. The zero-order valence-electron chi connectivity index (χ0n) is 13.3. The number of benzene rings is 1. The molecule has 7 heteroatoms. The van der Waals surface area contributed by atoms with E-state index in [0.717, 1.165) is 5.56 Å². The van der Waals surface area contributed by atoms with Crippen molar-refractivity contribution in [3.05, 3.63) is 65.4 Å². The molecular formula is C18H15N3O4. The van der Waals surface area contributed by atoms with Crippen LogP contribution >= 0.6 is 0 Å². The van der Waals surface area contributed by atoms with Gasteiger partial charge in [0.15, 0.2) is 5.76 Å². The van der Waals surface area contributed by atoms with Gasteiger partial charge in [0, 0.05) is 5.56 Å². The van der Waals surface area contributed by atoms with E-state index in [0.29, 0.717) is 11.1 Å². The molecule has 0 radical (unpaired) electrons. The van der Waals surface area contributed by atoms with Gasteiger partial charge in [0.1, 0.15) is 17.2 Å². The molecule has 4 N–H and O–H groups in total. The smallest absolute Gasteiger partial charge is 0.339 e. The van der Waals surface area contributed by atoms with Crippen LogP contribution < -0.4 is 11.1 Å². The van der Waals surface area contributed by atoms with E-state index in [-0.39, 0.29) is 28.9 Å². The van der Waals surface area contributed by atoms with Crippen molar-refractivity contribution in [3.8, 4) is 11.3 Å². The minimum absolute atomic E-state index is 0.00931. The Morgan fingerprint density at radius 1 is 1.12 bits per heavy atom. The van der Waals surface area contributed by atoms with E-state index in [1.807, 2.05) is 19.1 Å². The van der Waals surface area contributed by atoms with Crippen LogP contribution in [-0.2, 0) is 0 Å². The molecule has 0 aliphatic heterocycles. The van der Waals surface area contributed by atoms with Gasteiger partial charge in [-0.25, -0.2) is 9.78 Å². The summed E-state index contributed by atoms with van der Waals surface area (Å²) in [5.41, 5.74) is 7.78. The number of carboxylic acid groups (broad SMARTS) is 1. The zero-order chi connectivity index (χ0) is 18.0. The number of carbonyl (C=O) groups excluding carboxylic acids is 1. The monoisotopic (exact) mass is 337 g/mol. The molecular weight excluding hydrogens is 322 g/mol. The highest BCUT2D eigenvalue weighted by atomic mass is 16.4. The molecule has 2 aromatic heterocycles. The molecule has 7 nitrogen and oxygen atoms in total. The Morgan fingerprint density at radius 2 is 1.84 bits per heavy atom. The highest BCUT2D eigenvalue weighted by Crippen LogP contribution is 2.30. The number of nitrogen functional groups attached to an aromatic ring is 1. The highest BCUT2D eigenvalue weighted by molar-refractivity contribution is 6.04. The standard InChI is InChI=1S/C18H15N3O4/c1-10-2-4-11(5-3-10)17(22)21-14-7-6-12(16(19)20-14)15-13(18(23)24)8-9-25-15/h2-9H,1H3,(H,23,24)(H3,19,20,21,22). The fourth-order valence-electron chi connectivity index (χ4n) is 2.32. The number of amides is 1. The Labute approximate surface area is 143 Å². The SMILES string of the molecule is Cc1ccc(C(=O)Nc2ccc(-c3occc3C(=O)O)c(N)n2)cc1. The highest BCUT2D eigenvalue weighted by Gasteiger charge is 2.18. The van der Waals surface area contributed by atoms with Crippen molar-refractivity contribution in [1.82, 2.24) is 4.98 Å². The zero-order valence-corrected chi connectivity index (χ0v) is 13.3. The second kappa shape index (κ2) is 6.48. The minimum atomic E-state index is -1.13. The van der Waals surface area contributed by atoms with Gasteiger partial charge in [-0.05, 0) is 37.3 Å². The van der Waals surface area contributed by atoms with Gasteiger partial charge in [0.05, 0.1) is 11.8 Å². The van der Waals surface area contributed by atoms with Gasteiger partial charge in [-0.3, -0.25) is 4.79 Å². The number of rotatable bonds is 4. The first kappa shape index (κ1) is 16.3. The predicted molar refractivity (Wildman–Crippen MR) is 92.4 cm³/mol. The molecule has 0 bridgehead atoms. The fourth-order valence-corrected chi connectivity index (χ4v) is 2.32. The van der Waals surface area contributed by atoms with E-state index in [1.165, 1.54) is 18.4 Å². The number of nitrogens with two attached hydrogens (primary N) is 1. The summed E-state index contributed by atoms with van der Waals surface area (Å²) >= 11 is 0. The van der Waals surface area contributed by atoms with Crippen molar-refractivity contribution in [3.63, 3.8) is 0 Å². The summed E-state index contributed by atoms with van der Waals surface area (Å²) in [7, 11) is 0. The third-order valence-corrected chi connectivity index (χ3v) is 3.62. The number of hydrogen-bond donors (Lipinski definition) is 3. The number of aryl methyl sites for hydroxylation is 1. The molecule has 0 fully saturated rings. The molecule has 1 amide bonds. The second-order valence-corrected chi connectivity index (χ2v) is 5.42. The van der Waals surface area contributed by atoms with Crippen molar-refractivity contribution in [2.24, 2.45) is 0 Å². The van der Waals surface area contributed by atoms with Crippen molar-refractivity contribution in [2.45, 2.75) is 6.92 Å². The molecule has 3 aromatic rings. The van der Waals surface area contributed by atoms with Crippen LogP contribution in [0.2, 0.25) is 0 Å². The Morgan fingerprint density at radius 3 is 2.48 bits per heavy atom. The number of nitrogens with one attached hydrogen (secondary N) is 1. The maximum Gasteiger partial charge on any atom is 0.339 e. The average molecular weight is 337 g/mol. The van der Waals surface area contributed by atoms with E-state index in [1.54, 1.807) is 18.2 Å². The summed E-state index contributed by atoms with van der Waals surface area (Å²) in [4.78, 5) is 27.5. The summed E-state index contributed by atoms with van der Waals surface area (Å²) in [5.74, 6) is -1.01. The summed E-state index contributed by atoms with van der Waals surface area (Å²) in [6.07, 6.45) is 1.27. The number of aromatic carboxylic acids is 1. The van der Waals surface area contributed by atoms with Gasteiger partial charge < -0.3 is 20.6 Å². The number of hydrogen-bond acceptors (Lipinski definition) is 5. The number of anilines is 2. The van der Waals surface area contributed by atoms with Gasteiger partial charge in [-0.2, -0.15) is 0 Å². The number of furan rings is 1. The number of carbonyl (C=O) groups is 2. The molecule has 0 atom stereocenters. The molecule has 0 spiro atoms. The van der Waals surface area contributed by atoms with E-state index >= 15 is 0 Å². The van der Waals surface area contributed by atoms with Gasteiger partial charge in [0.2, 0.25) is 0 Å². The van der Waals surface area contributed by atoms with Crippen molar-refractivity contribution < 1.29 is 19.1 Å². The molecule has 0 saturated carbocycles. The summed E-state index contributed by atoms with van der Waals surface area (Å²) in [6.45, 7) is 1.93. The van der Waals surface area contributed by atoms with Crippen molar-refractivity contribution in [1.29, 1.82) is 0 Å². The minimum Gasteiger partial charge on any atom is -0.478 e. The first-order valence-corrected chi connectivity index (χ1v) is 7.41. The number of nitrogens with zero attached hydrogens (tertiary/aromatic N) is 1. The Hall–Kier alpha value is -3.61. The second-order valence-electron chi connectivity index (χ2n) is 5.42. The first-order chi connectivity index (χ1) is 12.0. The summed E-state index contributed by atoms with van der Waals surface area (Å²) in [5, 5.41) is 11.8. The third-order valence-electron chi connectivity index (χ3n) is 3.62. The molecule has 3 rings (SSSR count). The normalized spacial score (nSPS) is 10.4. The number of aromatic nitrogens is 1. The molecule has 25 heavy (non-hydrogen) atoms. The van der Waals surface area contributed by atoms with Crippen LogP contribution in [0.15, 0.2) is 53.1 Å².